The zero-order chi connectivity index (χ0) is 12.7. The summed E-state index contributed by atoms with van der Waals surface area (Å²) in [4.78, 5) is 10.3. The molecule has 0 atom stereocenters. The number of benzene rings is 1. The highest BCUT2D eigenvalue weighted by Crippen LogP contribution is 2.29. The van der Waals surface area contributed by atoms with Crippen LogP contribution in [0.2, 0.25) is 5.02 Å². The van der Waals surface area contributed by atoms with Crippen molar-refractivity contribution in [2.45, 2.75) is 13.3 Å². The fourth-order valence-corrected chi connectivity index (χ4v) is 1.47. The average Bonchev–Trinajstić information content (AvgIpc) is 2.28. The molecule has 0 aliphatic heterocycles. The second-order valence-electron chi connectivity index (χ2n) is 3.42. The number of nitrogens with zero attached hydrogens (tertiary/aromatic N) is 1. The zero-order valence-electron chi connectivity index (χ0n) is 9.61. The summed E-state index contributed by atoms with van der Waals surface area (Å²) in [6.45, 7) is 4.17. The Morgan fingerprint density at radius 1 is 1.53 bits per heavy atom. The van der Waals surface area contributed by atoms with E-state index < -0.39 is 4.92 Å². The molecule has 0 aromatic heterocycles. The van der Waals surface area contributed by atoms with Crippen molar-refractivity contribution < 1.29 is 9.66 Å². The van der Waals surface area contributed by atoms with Gasteiger partial charge in [-0.2, -0.15) is 0 Å². The number of halogens is 1. The summed E-state index contributed by atoms with van der Waals surface area (Å²) in [5.74, 6) is 0.221. The molecule has 0 saturated carbocycles. The van der Waals surface area contributed by atoms with E-state index in [-0.39, 0.29) is 11.4 Å². The molecule has 0 unspecified atom stereocenters. The Hall–Kier alpha value is -1.33. The molecule has 0 heterocycles. The second kappa shape index (κ2) is 7.09. The van der Waals surface area contributed by atoms with Gasteiger partial charge in [0.15, 0.2) is 5.75 Å². The maximum Gasteiger partial charge on any atom is 0.311 e. The van der Waals surface area contributed by atoms with Crippen LogP contribution in [0, 0.1) is 10.1 Å². The quantitative estimate of drug-likeness (QED) is 0.464. The van der Waals surface area contributed by atoms with E-state index in [0.717, 1.165) is 19.5 Å². The average molecular weight is 259 g/mol. The number of nitro benzene ring substituents is 1. The molecule has 0 aliphatic rings. The molecule has 1 aromatic rings. The zero-order valence-corrected chi connectivity index (χ0v) is 10.4. The van der Waals surface area contributed by atoms with Crippen molar-refractivity contribution in [3.05, 3.63) is 33.3 Å². The number of hydrogen-bond acceptors (Lipinski definition) is 4. The van der Waals surface area contributed by atoms with Crippen molar-refractivity contribution in [1.29, 1.82) is 0 Å². The van der Waals surface area contributed by atoms with E-state index in [9.17, 15) is 10.1 Å². The van der Waals surface area contributed by atoms with E-state index >= 15 is 0 Å². The predicted molar refractivity (Wildman–Crippen MR) is 66.8 cm³/mol. The summed E-state index contributed by atoms with van der Waals surface area (Å²) in [5, 5.41) is 14.3. The van der Waals surface area contributed by atoms with Gasteiger partial charge in [-0.25, -0.2) is 0 Å². The van der Waals surface area contributed by atoms with Crippen molar-refractivity contribution in [2.75, 3.05) is 19.7 Å². The molecule has 0 amide bonds. The van der Waals surface area contributed by atoms with Gasteiger partial charge in [0.1, 0.15) is 0 Å². The van der Waals surface area contributed by atoms with E-state index in [2.05, 4.69) is 5.32 Å². The molecule has 0 radical (unpaired) electrons. The van der Waals surface area contributed by atoms with Gasteiger partial charge in [0, 0.05) is 17.2 Å². The molecule has 0 spiro atoms. The minimum atomic E-state index is -0.476. The molecule has 17 heavy (non-hydrogen) atoms. The summed E-state index contributed by atoms with van der Waals surface area (Å²) in [6.07, 6.45) is 0.789. The van der Waals surface area contributed by atoms with Crippen LogP contribution in [0.25, 0.3) is 0 Å². The smallest absolute Gasteiger partial charge is 0.311 e. The summed E-state index contributed by atoms with van der Waals surface area (Å²) < 4.78 is 5.36. The lowest BCUT2D eigenvalue weighted by molar-refractivity contribution is -0.385. The van der Waals surface area contributed by atoms with Crippen LogP contribution in [0.5, 0.6) is 5.75 Å². The third kappa shape index (κ3) is 4.58. The van der Waals surface area contributed by atoms with Crippen LogP contribution in [0.1, 0.15) is 13.3 Å². The third-order valence-electron chi connectivity index (χ3n) is 2.12. The Labute approximate surface area is 105 Å². The summed E-state index contributed by atoms with van der Waals surface area (Å²) >= 11 is 5.77. The molecule has 1 rings (SSSR count). The van der Waals surface area contributed by atoms with Crippen LogP contribution < -0.4 is 10.1 Å². The molecule has 0 fully saturated rings. The summed E-state index contributed by atoms with van der Waals surface area (Å²) in [7, 11) is 0. The van der Waals surface area contributed by atoms with Gasteiger partial charge in [-0.3, -0.25) is 10.1 Å². The number of hydrogen-bond donors (Lipinski definition) is 1. The lowest BCUT2D eigenvalue weighted by Crippen LogP contribution is -2.16. The monoisotopic (exact) mass is 258 g/mol. The van der Waals surface area contributed by atoms with Crippen LogP contribution in [-0.2, 0) is 0 Å². The van der Waals surface area contributed by atoms with E-state index in [1.54, 1.807) is 0 Å². The SMILES string of the molecule is CCNCCCOc1cc(Cl)ccc1[N+](=O)[O-]. The molecule has 1 aromatic carbocycles. The molecule has 94 valence electrons. The first-order valence-electron chi connectivity index (χ1n) is 5.42. The molecular formula is C11H15ClN2O3. The summed E-state index contributed by atoms with van der Waals surface area (Å²) in [6, 6.07) is 4.29. The van der Waals surface area contributed by atoms with Crippen molar-refractivity contribution in [3.63, 3.8) is 0 Å². The van der Waals surface area contributed by atoms with Gasteiger partial charge in [-0.15, -0.1) is 0 Å². The number of ether oxygens (including phenoxy) is 1. The Morgan fingerprint density at radius 2 is 2.29 bits per heavy atom. The van der Waals surface area contributed by atoms with Crippen molar-refractivity contribution >= 4 is 17.3 Å². The highest BCUT2D eigenvalue weighted by Gasteiger charge is 2.14. The van der Waals surface area contributed by atoms with Crippen LogP contribution in [0.3, 0.4) is 0 Å². The lowest BCUT2D eigenvalue weighted by Gasteiger charge is -2.07. The topological polar surface area (TPSA) is 64.4 Å². The Balaban J connectivity index is 2.56. The van der Waals surface area contributed by atoms with Gasteiger partial charge in [0.25, 0.3) is 0 Å². The maximum absolute atomic E-state index is 10.7. The normalized spacial score (nSPS) is 10.2. The van der Waals surface area contributed by atoms with Crippen molar-refractivity contribution in [2.24, 2.45) is 0 Å². The largest absolute Gasteiger partial charge is 0.487 e. The van der Waals surface area contributed by atoms with Gasteiger partial charge in [-0.1, -0.05) is 18.5 Å². The molecule has 0 aliphatic carbocycles. The van der Waals surface area contributed by atoms with Gasteiger partial charge < -0.3 is 10.1 Å². The lowest BCUT2D eigenvalue weighted by atomic mass is 10.3. The van der Waals surface area contributed by atoms with E-state index in [1.807, 2.05) is 6.92 Å². The van der Waals surface area contributed by atoms with Gasteiger partial charge in [0.05, 0.1) is 11.5 Å². The van der Waals surface area contributed by atoms with E-state index in [1.165, 1.54) is 18.2 Å². The minimum absolute atomic E-state index is 0.0575. The highest BCUT2D eigenvalue weighted by atomic mass is 35.5. The summed E-state index contributed by atoms with van der Waals surface area (Å²) in [5.41, 5.74) is -0.0575. The molecule has 1 N–H and O–H groups in total. The Kier molecular flexibility index (Phi) is 5.72. The van der Waals surface area contributed by atoms with E-state index in [0.29, 0.717) is 11.6 Å². The highest BCUT2D eigenvalue weighted by molar-refractivity contribution is 6.30. The van der Waals surface area contributed by atoms with Gasteiger partial charge in [0.2, 0.25) is 0 Å². The standard InChI is InChI=1S/C11H15ClN2O3/c1-2-13-6-3-7-17-11-8-9(12)4-5-10(11)14(15)16/h4-5,8,13H,2-3,6-7H2,1H3. The fraction of sp³-hybridized carbons (Fsp3) is 0.455. The van der Waals surface area contributed by atoms with Crippen molar-refractivity contribution in [3.8, 4) is 5.75 Å². The molecule has 0 saturated heterocycles. The predicted octanol–water partition coefficient (Wildman–Crippen LogP) is 2.63. The first-order chi connectivity index (χ1) is 8.15. The first kappa shape index (κ1) is 13.7. The molecular weight excluding hydrogens is 244 g/mol. The number of rotatable bonds is 7. The van der Waals surface area contributed by atoms with Crippen LogP contribution in [-0.4, -0.2) is 24.6 Å². The van der Waals surface area contributed by atoms with Crippen LogP contribution >= 0.6 is 11.6 Å². The second-order valence-corrected chi connectivity index (χ2v) is 3.86. The molecule has 5 nitrogen and oxygen atoms in total. The maximum atomic E-state index is 10.7. The number of nitro groups is 1. The van der Waals surface area contributed by atoms with Crippen LogP contribution in [0.4, 0.5) is 5.69 Å². The van der Waals surface area contributed by atoms with Crippen molar-refractivity contribution in [1.82, 2.24) is 5.32 Å². The molecule has 0 bridgehead atoms. The van der Waals surface area contributed by atoms with Crippen LogP contribution in [0.15, 0.2) is 18.2 Å². The minimum Gasteiger partial charge on any atom is -0.487 e. The first-order valence-corrected chi connectivity index (χ1v) is 5.80. The Morgan fingerprint density at radius 3 is 2.94 bits per heavy atom. The third-order valence-corrected chi connectivity index (χ3v) is 2.36. The number of nitrogens with one attached hydrogen (secondary N) is 1. The van der Waals surface area contributed by atoms with Gasteiger partial charge in [-0.05, 0) is 25.6 Å². The van der Waals surface area contributed by atoms with E-state index in [4.69, 9.17) is 16.3 Å². The fourth-order valence-electron chi connectivity index (χ4n) is 1.31. The molecule has 6 heteroatoms. The van der Waals surface area contributed by atoms with Gasteiger partial charge >= 0.3 is 5.69 Å². The Bertz CT molecular complexity index is 385.